The molecule has 4 fully saturated rings. The fourth-order valence-corrected chi connectivity index (χ4v) is 15.9. The second-order valence-corrected chi connectivity index (χ2v) is 42.5. The molecule has 51 heteroatoms. The number of ether oxygens (including phenoxy) is 3. The number of allylic oxidation sites excluding steroid dienone is 1. The Morgan fingerprint density at radius 3 is 1.42 bits per heavy atom. The predicted molar refractivity (Wildman–Crippen MR) is 570 cm³/mol. The highest BCUT2D eigenvalue weighted by Gasteiger charge is 2.41. The van der Waals surface area contributed by atoms with Crippen molar-refractivity contribution in [2.45, 2.75) is 196 Å². The van der Waals surface area contributed by atoms with Gasteiger partial charge in [-0.05, 0) is 156 Å². The van der Waals surface area contributed by atoms with Gasteiger partial charge in [0.2, 0.25) is 41.3 Å². The Balaban J connectivity index is -0.00000147. The van der Waals surface area contributed by atoms with Crippen molar-refractivity contribution in [3.8, 4) is 0 Å². The summed E-state index contributed by atoms with van der Waals surface area (Å²) in [7, 11) is -0.878. The molecule has 3 unspecified atom stereocenters. The number of hydrogen-bond acceptors (Lipinski definition) is 43. The number of carbonyl (C=O) groups is 3. The number of aryl methyl sites for hydroxylation is 1. The fraction of sp³-hybridized carbons (Fsp3) is 0.641. The number of methoxy groups -OCH3 is 1. The second-order valence-electron chi connectivity index (χ2n) is 34.7. The average molecular weight is 2080 g/mol. The quantitative estimate of drug-likeness (QED) is 0.0162. The van der Waals surface area contributed by atoms with E-state index in [1.54, 1.807) is 18.7 Å². The number of carbonyl (C=O) groups excluding carboxylic acids is 3. The molecular formula is C92H178N32O16S3. The summed E-state index contributed by atoms with van der Waals surface area (Å²) in [4.78, 5) is 63.4. The fourth-order valence-electron chi connectivity index (χ4n) is 10.9. The number of oxazole rings is 5. The van der Waals surface area contributed by atoms with Crippen LogP contribution in [0.5, 0.6) is 0 Å². The zero-order chi connectivity index (χ0) is 109. The number of aromatic nitrogens is 11. The number of H-pyrrole nitrogens is 1. The summed E-state index contributed by atoms with van der Waals surface area (Å²) in [5.74, 6) is 15.3. The van der Waals surface area contributed by atoms with Crippen LogP contribution in [-0.2, 0) is 110 Å². The molecule has 0 radical (unpaired) electrons. The molecule has 5 aliphatic heterocycles. The lowest BCUT2D eigenvalue weighted by atomic mass is 9.93. The lowest BCUT2D eigenvalue weighted by Gasteiger charge is -2.33. The zero-order valence-corrected chi connectivity index (χ0v) is 89.5. The lowest BCUT2D eigenvalue weighted by molar-refractivity contribution is -0.129. The third-order valence-corrected chi connectivity index (χ3v) is 27.4. The number of nitrogens with one attached hydrogen (secondary N) is 4. The molecule has 3 amide bonds. The highest BCUT2D eigenvalue weighted by Crippen LogP contribution is 2.28. The van der Waals surface area contributed by atoms with Crippen LogP contribution in [0.4, 0.5) is 0 Å². The number of nitrogens with two attached hydrogens (primary N) is 16. The number of amides is 3. The molecule has 0 spiro atoms. The minimum atomic E-state index is -3.04. The van der Waals surface area contributed by atoms with Gasteiger partial charge in [0.05, 0.1) is 111 Å². The average Bonchev–Trinajstić information content (AvgIpc) is 0.989. The van der Waals surface area contributed by atoms with Crippen LogP contribution in [0.1, 0.15) is 197 Å². The molecule has 143 heavy (non-hydrogen) atoms. The number of aromatic amines is 1. The number of likely N-dealkylation sites (N-methyl/N-ethyl adjacent to an activating group) is 1. The SMILES string of the molecule is C=C(N)c1coc(CN)n1.C=C(O)c1coc(CN)n1.C=C(OC)c1coc(CN)n1.C=S1(=O)CCC(CN)C1.C=S1(=O)CCC(CN)CC1.CCCCCNC(=O)C(C)(C)CN.CCCCNC(=O)C(C)(C)CN.CCCNC(=O)C(C)(C)CN.CN1CCOCC1CN.CS(=O)(=O)C1(CN)CCOCC1.Cn1cnc(CN)c1.NCC1=CCC=N1.NCc1cnco1.NCc1ncco1.NCc1nn[nH]n1. The Labute approximate surface area is 847 Å². The van der Waals surface area contributed by atoms with E-state index < -0.39 is 49.9 Å². The maximum absolute atomic E-state index is 11.5. The largest absolute Gasteiger partial charge is 0.506 e. The number of aliphatic hydroxyl groups excluding tert-OH is 1. The van der Waals surface area contributed by atoms with Crippen molar-refractivity contribution in [1.29, 1.82) is 0 Å². The highest BCUT2D eigenvalue weighted by molar-refractivity contribution is 8.00. The standard InChI is InChI=1S/C10H22N2O.C9H20N2O.C8H18N2O.C7H10N2O2.C7H15NO3S.C7H15NOS.C6H9N3O.C6H8N2O2.C6H14N2O.C6H13NOS.C5H9N3.C5H8N2.2C4H6N2O.C2H5N5/c1-4-5-6-7-12-9(13)10(2,3)8-11;1-4-5-6-11-8(12)9(2,3)7-10;1-4-5-10-7(11)8(2,3)6-9;1-5(10-2)6-4-11-7(3-8)9-6;1-12(9,10)7(6-8)2-4-11-5-3-7;1-10(9)4-2-7(6-8)3-5-10;1-4(8)5-3-10-6(2-7)9-5;1-4(9)5-3-10-6(2-7)8-5;1-8-2-3-9-5-6(8)4-7;1-9(8)3-2-6(4-7)5-9;1-8-3-5(2-6)7-4-8;6-4-5-2-1-3-7-5;5-1-4-2-6-3-7-4;5-3-4-6-1-2-7-4;3-1-2-4-6-7-5-2/h4-8,11H2,1-3H3,(H,12,13);4-7,10H2,1-3H3,(H,11,12);4-6,9H2,1-3H3,(H,10,11);4H,1,3,8H2,2H3;2-6,8H2,1H3;7H,1-6,8H2;3H,1-2,7-8H2;3,9H,1-2,7H2;6H,2-5,7H2,1H3;6H,1-5,7H2;3-4H,2,6H2,1H3;2-3H,1,4,6H2;2-3H,1,5H2;1-2H,3,5H2;1,3H2,(H,4,5,6,7). The van der Waals surface area contributed by atoms with E-state index in [1.807, 2.05) is 78.6 Å². The van der Waals surface area contributed by atoms with Crippen molar-refractivity contribution in [2.24, 2.45) is 132 Å². The molecular weight excluding hydrogens is 1910 g/mol. The van der Waals surface area contributed by atoms with Gasteiger partial charge in [0.15, 0.2) is 22.1 Å². The van der Waals surface area contributed by atoms with E-state index in [0.717, 1.165) is 137 Å². The summed E-state index contributed by atoms with van der Waals surface area (Å²) in [6.07, 6.45) is 30.6. The Hall–Kier alpha value is -9.96. The van der Waals surface area contributed by atoms with Crippen molar-refractivity contribution in [2.75, 3.05) is 148 Å². The third-order valence-electron chi connectivity index (χ3n) is 21.2. The first-order chi connectivity index (χ1) is 67.6. The number of hydrogen-bond donors (Lipinski definition) is 21. The molecule has 0 saturated carbocycles. The normalized spacial score (nSPS) is 17.3. The molecule has 7 aromatic rings. The maximum Gasteiger partial charge on any atom is 0.226 e. The van der Waals surface area contributed by atoms with E-state index in [-0.39, 0.29) is 49.7 Å². The summed E-state index contributed by atoms with van der Waals surface area (Å²) in [6, 6.07) is 0.443. The van der Waals surface area contributed by atoms with Gasteiger partial charge in [-0.15, -0.1) is 10.2 Å². The second kappa shape index (κ2) is 78.4. The number of tetrazole rings is 1. The van der Waals surface area contributed by atoms with Crippen molar-refractivity contribution in [1.82, 2.24) is 75.9 Å². The first kappa shape index (κ1) is 137. The lowest BCUT2D eigenvalue weighted by Crippen LogP contribution is -2.49. The number of aliphatic hydroxyl groups is 1. The van der Waals surface area contributed by atoms with E-state index in [4.69, 9.17) is 133 Å². The number of imidazole rings is 1. The van der Waals surface area contributed by atoms with E-state index in [0.29, 0.717) is 167 Å². The van der Waals surface area contributed by atoms with Gasteiger partial charge in [-0.2, -0.15) is 5.21 Å². The minimum Gasteiger partial charge on any atom is -0.506 e. The van der Waals surface area contributed by atoms with Crippen LogP contribution < -0.4 is 108 Å². The molecule has 0 aliphatic carbocycles. The monoisotopic (exact) mass is 2080 g/mol. The number of morpholine rings is 1. The third kappa shape index (κ3) is 63.1. The molecule has 48 nitrogen and oxygen atoms in total. The Kier molecular flexibility index (Phi) is 75.2. The molecule has 7 aromatic heterocycles. The molecule has 820 valence electrons. The molecule has 3 atom stereocenters. The summed E-state index contributed by atoms with van der Waals surface area (Å²) < 4.78 is 85.8. The van der Waals surface area contributed by atoms with E-state index in [2.05, 4.69) is 129 Å². The molecule has 37 N–H and O–H groups in total. The van der Waals surface area contributed by atoms with Gasteiger partial charge in [0.25, 0.3) is 0 Å². The van der Waals surface area contributed by atoms with Crippen LogP contribution in [-0.4, -0.2) is 277 Å². The molecule has 0 aromatic carbocycles. The first-order valence-corrected chi connectivity index (χ1v) is 53.2. The van der Waals surface area contributed by atoms with Gasteiger partial charge in [-0.3, -0.25) is 32.7 Å². The van der Waals surface area contributed by atoms with Gasteiger partial charge in [0.1, 0.15) is 59.4 Å². The predicted octanol–water partition coefficient (Wildman–Crippen LogP) is 1.81. The highest BCUT2D eigenvalue weighted by atomic mass is 32.2. The van der Waals surface area contributed by atoms with Crippen molar-refractivity contribution < 1.29 is 72.6 Å². The summed E-state index contributed by atoms with van der Waals surface area (Å²) >= 11 is 0. The van der Waals surface area contributed by atoms with Crippen LogP contribution >= 0.6 is 0 Å². The molecule has 12 heterocycles. The van der Waals surface area contributed by atoms with Gasteiger partial charge in [-0.25, -0.2) is 38.3 Å². The van der Waals surface area contributed by atoms with Gasteiger partial charge >= 0.3 is 0 Å². The Morgan fingerprint density at radius 1 is 0.615 bits per heavy atom. The van der Waals surface area contributed by atoms with Gasteiger partial charge in [0, 0.05) is 152 Å². The summed E-state index contributed by atoms with van der Waals surface area (Å²) in [5.41, 5.74) is 87.7. The molecule has 12 rings (SSSR count). The smallest absolute Gasteiger partial charge is 0.226 e. The first-order valence-electron chi connectivity index (χ1n) is 47.2. The summed E-state index contributed by atoms with van der Waals surface area (Å²) in [5, 5.41) is 30.0. The number of unbranched alkanes of at least 4 members (excludes halogenated alkanes) is 3. The van der Waals surface area contributed by atoms with Crippen molar-refractivity contribution >= 4 is 81.8 Å². The molecule has 4 saturated heterocycles. The van der Waals surface area contributed by atoms with Crippen molar-refractivity contribution in [3.63, 3.8) is 0 Å². The van der Waals surface area contributed by atoms with E-state index in [1.165, 1.54) is 57.7 Å². The zero-order valence-electron chi connectivity index (χ0n) is 87.1. The van der Waals surface area contributed by atoms with Crippen LogP contribution in [0.3, 0.4) is 0 Å². The van der Waals surface area contributed by atoms with Crippen LogP contribution in [0.15, 0.2) is 115 Å². The number of sulfone groups is 1. The number of aliphatic imine (C=N–C) groups is 1. The Bertz CT molecular complexity index is 4720. The minimum absolute atomic E-state index is 0.0434. The molecule has 5 aliphatic rings. The van der Waals surface area contributed by atoms with E-state index >= 15 is 0 Å². The topological polar surface area (TPSA) is 838 Å². The van der Waals surface area contributed by atoms with Crippen LogP contribution in [0, 0.1) is 28.1 Å². The van der Waals surface area contributed by atoms with Crippen LogP contribution in [0.2, 0.25) is 0 Å². The van der Waals surface area contributed by atoms with Gasteiger partial charge < -0.3 is 154 Å². The summed E-state index contributed by atoms with van der Waals surface area (Å²) in [6.45, 7) is 40.3. The maximum atomic E-state index is 11.5. The van der Waals surface area contributed by atoms with Crippen LogP contribution in [0.25, 0.3) is 17.2 Å². The number of nitrogens with zero attached hydrogens (tertiary/aromatic N) is 12. The van der Waals surface area contributed by atoms with Gasteiger partial charge in [-0.1, -0.05) is 71.1 Å². The Morgan fingerprint density at radius 2 is 1.13 bits per heavy atom. The number of rotatable bonds is 32. The molecule has 0 bridgehead atoms. The van der Waals surface area contributed by atoms with E-state index in [9.17, 15) is 31.2 Å². The van der Waals surface area contributed by atoms with Crippen molar-refractivity contribution in [3.05, 3.63) is 146 Å².